The van der Waals surface area contributed by atoms with Crippen LogP contribution in [0.25, 0.3) is 0 Å². The van der Waals surface area contributed by atoms with Crippen molar-refractivity contribution >= 4 is 39.1 Å². The first-order valence-electron chi connectivity index (χ1n) is 9.29. The average molecular weight is 456 g/mol. The number of rotatable bonds is 6. The van der Waals surface area contributed by atoms with Gasteiger partial charge in [0.05, 0.1) is 17.5 Å². The molecule has 1 aliphatic rings. The molecular weight excluding hydrogens is 433 g/mol. The van der Waals surface area contributed by atoms with Crippen molar-refractivity contribution in [3.63, 3.8) is 0 Å². The summed E-state index contributed by atoms with van der Waals surface area (Å²) in [5, 5.41) is 3.98. The molecule has 1 atom stereocenters. The van der Waals surface area contributed by atoms with Gasteiger partial charge in [0.25, 0.3) is 0 Å². The summed E-state index contributed by atoms with van der Waals surface area (Å²) < 4.78 is 26.8. The Kier molecular flexibility index (Phi) is 7.19. The lowest BCUT2D eigenvalue weighted by molar-refractivity contribution is -0.123. The van der Waals surface area contributed by atoms with Gasteiger partial charge in [-0.1, -0.05) is 47.5 Å². The third kappa shape index (κ3) is 5.49. The normalized spacial score (nSPS) is 17.1. The maximum Gasteiger partial charge on any atom is 0.243 e. The van der Waals surface area contributed by atoms with Crippen molar-refractivity contribution in [1.82, 2.24) is 14.5 Å². The summed E-state index contributed by atoms with van der Waals surface area (Å²) >= 11 is 12.1. The Morgan fingerprint density at radius 2 is 1.72 bits per heavy atom. The van der Waals surface area contributed by atoms with Crippen molar-refractivity contribution in [1.29, 1.82) is 0 Å². The maximum absolute atomic E-state index is 12.7. The monoisotopic (exact) mass is 455 g/mol. The number of sulfonamides is 1. The zero-order valence-corrected chi connectivity index (χ0v) is 18.3. The van der Waals surface area contributed by atoms with Crippen LogP contribution in [0.4, 0.5) is 0 Å². The summed E-state index contributed by atoms with van der Waals surface area (Å²) in [6, 6.07) is 13.3. The predicted octanol–water partition coefficient (Wildman–Crippen LogP) is 3.18. The molecule has 1 N–H and O–H groups in total. The van der Waals surface area contributed by atoms with Crippen LogP contribution in [0, 0.1) is 0 Å². The van der Waals surface area contributed by atoms with Crippen molar-refractivity contribution in [2.45, 2.75) is 17.9 Å². The van der Waals surface area contributed by atoms with Gasteiger partial charge in [0.1, 0.15) is 0 Å². The summed E-state index contributed by atoms with van der Waals surface area (Å²) in [7, 11) is -3.50. The van der Waals surface area contributed by atoms with E-state index in [-0.39, 0.29) is 18.5 Å². The van der Waals surface area contributed by atoms with Gasteiger partial charge in [-0.2, -0.15) is 4.31 Å². The lowest BCUT2D eigenvalue weighted by atomic mass is 10.1. The molecule has 0 bridgehead atoms. The van der Waals surface area contributed by atoms with Crippen molar-refractivity contribution in [2.24, 2.45) is 0 Å². The van der Waals surface area contributed by atoms with E-state index in [9.17, 15) is 13.2 Å². The number of nitrogens with zero attached hydrogens (tertiary/aromatic N) is 2. The number of carbonyl (C=O) groups is 1. The van der Waals surface area contributed by atoms with E-state index < -0.39 is 10.0 Å². The molecule has 9 heteroatoms. The average Bonchev–Trinajstić information content (AvgIpc) is 2.69. The summed E-state index contributed by atoms with van der Waals surface area (Å²) in [6.07, 6.45) is 0. The zero-order chi connectivity index (χ0) is 21.0. The molecule has 2 aromatic carbocycles. The van der Waals surface area contributed by atoms with Gasteiger partial charge in [0, 0.05) is 36.2 Å². The fourth-order valence-corrected chi connectivity index (χ4v) is 5.31. The Hall–Kier alpha value is -1.64. The number of hydrogen-bond donors (Lipinski definition) is 1. The van der Waals surface area contributed by atoms with Gasteiger partial charge in [-0.05, 0) is 36.8 Å². The molecule has 6 nitrogen and oxygen atoms in total. The second-order valence-corrected chi connectivity index (χ2v) is 9.73. The van der Waals surface area contributed by atoms with E-state index in [1.54, 1.807) is 48.5 Å². The molecule has 156 valence electrons. The number of nitrogens with one attached hydrogen (secondary N) is 1. The zero-order valence-electron chi connectivity index (χ0n) is 16.0. The SMILES string of the molecule is CC(NC(=O)CN1CCN(S(=O)(=O)c2ccccc2)CC1)c1ccc(Cl)cc1Cl. The minimum Gasteiger partial charge on any atom is -0.348 e. The number of benzene rings is 2. The smallest absolute Gasteiger partial charge is 0.243 e. The Morgan fingerprint density at radius 3 is 2.34 bits per heavy atom. The molecule has 29 heavy (non-hydrogen) atoms. The van der Waals surface area contributed by atoms with E-state index in [2.05, 4.69) is 5.32 Å². The quantitative estimate of drug-likeness (QED) is 0.725. The highest BCUT2D eigenvalue weighted by Crippen LogP contribution is 2.26. The minimum atomic E-state index is -3.50. The molecule has 1 aliphatic heterocycles. The highest BCUT2D eigenvalue weighted by atomic mass is 35.5. The van der Waals surface area contributed by atoms with Gasteiger partial charge >= 0.3 is 0 Å². The largest absolute Gasteiger partial charge is 0.348 e. The van der Waals surface area contributed by atoms with E-state index in [0.29, 0.717) is 41.1 Å². The van der Waals surface area contributed by atoms with Crippen LogP contribution in [0.3, 0.4) is 0 Å². The highest BCUT2D eigenvalue weighted by molar-refractivity contribution is 7.89. The summed E-state index contributed by atoms with van der Waals surface area (Å²) in [5.41, 5.74) is 0.795. The van der Waals surface area contributed by atoms with Crippen LogP contribution < -0.4 is 5.32 Å². The fraction of sp³-hybridized carbons (Fsp3) is 0.350. The number of hydrogen-bond acceptors (Lipinski definition) is 4. The molecule has 3 rings (SSSR count). The van der Waals surface area contributed by atoms with E-state index in [1.807, 2.05) is 11.8 Å². The maximum atomic E-state index is 12.7. The van der Waals surface area contributed by atoms with Crippen molar-refractivity contribution in [3.8, 4) is 0 Å². The van der Waals surface area contributed by atoms with Crippen LogP contribution in [0.2, 0.25) is 10.0 Å². The first kappa shape index (κ1) is 22.1. The van der Waals surface area contributed by atoms with Gasteiger partial charge in [0.15, 0.2) is 0 Å². The van der Waals surface area contributed by atoms with Crippen LogP contribution in [0.5, 0.6) is 0 Å². The Balaban J connectivity index is 1.52. The molecule has 1 unspecified atom stereocenters. The lowest BCUT2D eigenvalue weighted by Crippen LogP contribution is -2.51. The number of piperazine rings is 1. The van der Waals surface area contributed by atoms with E-state index in [4.69, 9.17) is 23.2 Å². The third-order valence-electron chi connectivity index (χ3n) is 4.89. The van der Waals surface area contributed by atoms with Crippen LogP contribution >= 0.6 is 23.2 Å². The summed E-state index contributed by atoms with van der Waals surface area (Å²) in [4.78, 5) is 14.7. The van der Waals surface area contributed by atoms with E-state index in [0.717, 1.165) is 5.56 Å². The van der Waals surface area contributed by atoms with Gasteiger partial charge in [-0.25, -0.2) is 8.42 Å². The van der Waals surface area contributed by atoms with E-state index in [1.165, 1.54) is 4.31 Å². The number of halogens is 2. The minimum absolute atomic E-state index is 0.136. The molecule has 1 saturated heterocycles. The molecule has 2 aromatic rings. The second kappa shape index (κ2) is 9.45. The molecule has 1 fully saturated rings. The molecule has 1 amide bonds. The highest BCUT2D eigenvalue weighted by Gasteiger charge is 2.29. The lowest BCUT2D eigenvalue weighted by Gasteiger charge is -2.33. The van der Waals surface area contributed by atoms with Crippen LogP contribution in [-0.2, 0) is 14.8 Å². The van der Waals surface area contributed by atoms with Crippen LogP contribution in [0.1, 0.15) is 18.5 Å². The van der Waals surface area contributed by atoms with Gasteiger partial charge < -0.3 is 5.32 Å². The Morgan fingerprint density at radius 1 is 1.07 bits per heavy atom. The second-order valence-electron chi connectivity index (χ2n) is 6.95. The number of amides is 1. The molecule has 1 heterocycles. The standard InChI is InChI=1S/C20H23Cl2N3O3S/c1-15(18-8-7-16(21)13-19(18)22)23-20(26)14-24-9-11-25(12-10-24)29(27,28)17-5-3-2-4-6-17/h2-8,13,15H,9-12,14H2,1H3,(H,23,26). The Labute approximate surface area is 181 Å². The third-order valence-corrected chi connectivity index (χ3v) is 7.36. The fourth-order valence-electron chi connectivity index (χ4n) is 3.29. The Bertz CT molecular complexity index is 962. The van der Waals surface area contributed by atoms with Gasteiger partial charge in [-0.15, -0.1) is 0 Å². The number of carbonyl (C=O) groups excluding carboxylic acids is 1. The first-order valence-corrected chi connectivity index (χ1v) is 11.5. The van der Waals surface area contributed by atoms with Crippen molar-refractivity contribution in [3.05, 3.63) is 64.1 Å². The molecular formula is C20H23Cl2N3O3S. The van der Waals surface area contributed by atoms with Crippen molar-refractivity contribution in [2.75, 3.05) is 32.7 Å². The predicted molar refractivity (Wildman–Crippen MR) is 115 cm³/mol. The van der Waals surface area contributed by atoms with Crippen molar-refractivity contribution < 1.29 is 13.2 Å². The van der Waals surface area contributed by atoms with Crippen LogP contribution in [0.15, 0.2) is 53.4 Å². The molecule has 0 aromatic heterocycles. The molecule has 0 spiro atoms. The van der Waals surface area contributed by atoms with Gasteiger partial charge in [-0.3, -0.25) is 9.69 Å². The summed E-state index contributed by atoms with van der Waals surface area (Å²) in [5.74, 6) is -0.136. The topological polar surface area (TPSA) is 69.7 Å². The van der Waals surface area contributed by atoms with E-state index >= 15 is 0 Å². The van der Waals surface area contributed by atoms with Crippen LogP contribution in [-0.4, -0.2) is 56.3 Å². The first-order chi connectivity index (χ1) is 13.8. The van der Waals surface area contributed by atoms with Gasteiger partial charge in [0.2, 0.25) is 15.9 Å². The summed E-state index contributed by atoms with van der Waals surface area (Å²) in [6.45, 7) is 3.75. The molecule has 0 aliphatic carbocycles. The molecule has 0 radical (unpaired) electrons. The molecule has 0 saturated carbocycles.